The van der Waals surface area contributed by atoms with Gasteiger partial charge in [0.05, 0.1) is 0 Å². The van der Waals surface area contributed by atoms with E-state index < -0.39 is 0 Å². The molecule has 3 saturated carbocycles. The van der Waals surface area contributed by atoms with E-state index in [2.05, 4.69) is 38.9 Å². The molecule has 140 valence electrons. The van der Waals surface area contributed by atoms with Gasteiger partial charge in [-0.1, -0.05) is 25.5 Å². The van der Waals surface area contributed by atoms with Crippen LogP contribution in [0.15, 0.2) is 11.6 Å². The molecule has 3 fully saturated rings. The first-order chi connectivity index (χ1) is 11.8. The van der Waals surface area contributed by atoms with Crippen molar-refractivity contribution in [2.45, 2.75) is 78.2 Å². The Hall–Kier alpha value is -0.630. The number of fused-ring (bicyclic) bond motifs is 5. The summed E-state index contributed by atoms with van der Waals surface area (Å²) in [5, 5.41) is 0. The van der Waals surface area contributed by atoms with Crippen molar-refractivity contribution >= 4 is 5.78 Å². The maximum Gasteiger partial charge on any atom is 0.133 e. The summed E-state index contributed by atoms with van der Waals surface area (Å²) in [6, 6.07) is 0.735. The third-order valence-corrected chi connectivity index (χ3v) is 9.30. The Kier molecular flexibility index (Phi) is 4.22. The Morgan fingerprint density at radius 2 is 1.84 bits per heavy atom. The highest BCUT2D eigenvalue weighted by Gasteiger charge is 2.59. The average Bonchev–Trinajstić information content (AvgIpc) is 2.91. The summed E-state index contributed by atoms with van der Waals surface area (Å²) in [7, 11) is 4.48. The van der Waals surface area contributed by atoms with Crippen LogP contribution in [0.25, 0.3) is 0 Å². The molecule has 0 spiro atoms. The molecule has 7 atom stereocenters. The molecule has 0 bridgehead atoms. The molecule has 0 amide bonds. The van der Waals surface area contributed by atoms with Gasteiger partial charge in [-0.3, -0.25) is 4.79 Å². The first kappa shape index (κ1) is 17.8. The third kappa shape index (κ3) is 2.50. The largest absolute Gasteiger partial charge is 0.306 e. The molecule has 4 aliphatic carbocycles. The summed E-state index contributed by atoms with van der Waals surface area (Å²) in [5.74, 6) is 3.25. The first-order valence-electron chi connectivity index (χ1n) is 10.6. The van der Waals surface area contributed by atoms with Crippen LogP contribution in [-0.4, -0.2) is 30.8 Å². The van der Waals surface area contributed by atoms with Gasteiger partial charge < -0.3 is 4.90 Å². The highest BCUT2D eigenvalue weighted by Crippen LogP contribution is 2.66. The number of allylic oxidation sites excluding steroid dienone is 1. The quantitative estimate of drug-likeness (QED) is 0.651. The van der Waals surface area contributed by atoms with Gasteiger partial charge >= 0.3 is 0 Å². The van der Waals surface area contributed by atoms with Crippen LogP contribution >= 0.6 is 0 Å². The fraction of sp³-hybridized carbons (Fsp3) is 0.870. The molecule has 0 aromatic heterocycles. The van der Waals surface area contributed by atoms with E-state index in [-0.39, 0.29) is 5.41 Å². The van der Waals surface area contributed by atoms with Gasteiger partial charge in [0.1, 0.15) is 5.78 Å². The summed E-state index contributed by atoms with van der Waals surface area (Å²) in [6.07, 6.45) is 13.0. The summed E-state index contributed by atoms with van der Waals surface area (Å²) >= 11 is 0. The van der Waals surface area contributed by atoms with Crippen molar-refractivity contribution in [2.75, 3.05) is 14.1 Å². The minimum Gasteiger partial charge on any atom is -0.306 e. The number of Topliss-reactive ketones (excluding diaryl/α,β-unsaturated/α-hetero) is 1. The number of rotatable bonds is 2. The second-order valence-corrected chi connectivity index (χ2v) is 10.4. The minimum atomic E-state index is 0.287. The van der Waals surface area contributed by atoms with Crippen LogP contribution in [0.1, 0.15) is 72.1 Å². The zero-order chi connectivity index (χ0) is 18.0. The lowest BCUT2D eigenvalue weighted by Gasteiger charge is -2.58. The number of carbonyl (C=O) groups is 1. The second-order valence-electron chi connectivity index (χ2n) is 10.4. The average molecular weight is 344 g/mol. The van der Waals surface area contributed by atoms with Crippen molar-refractivity contribution in [3.05, 3.63) is 11.6 Å². The summed E-state index contributed by atoms with van der Waals surface area (Å²) in [5.41, 5.74) is 2.49. The highest BCUT2D eigenvalue weighted by atomic mass is 16.1. The van der Waals surface area contributed by atoms with Crippen LogP contribution in [0.4, 0.5) is 0 Å². The summed E-state index contributed by atoms with van der Waals surface area (Å²) in [4.78, 5) is 14.7. The maximum absolute atomic E-state index is 12.2. The van der Waals surface area contributed by atoms with Gasteiger partial charge in [-0.15, -0.1) is 0 Å². The SMILES string of the molecule is CC(=O)[C@@H]1CC[C@@H]2[C@@H]3CC=C4C[C@H](N(C)C)CC[C@]4(C)[C@H]3CC[C@@]21C. The molecular formula is C23H37NO. The van der Waals surface area contributed by atoms with Gasteiger partial charge in [-0.25, -0.2) is 0 Å². The molecule has 0 aromatic carbocycles. The standard InChI is InChI=1S/C23H37NO/c1-15(25)19-8-9-20-18-7-6-16-14-17(24(4)5)10-12-22(16,2)21(18)11-13-23(19,20)3/h6,17-21H,7-14H2,1-5H3/t17-,18+,19+,20-,21+,22+,23-/m1/s1. The summed E-state index contributed by atoms with van der Waals surface area (Å²) < 4.78 is 0. The molecule has 4 aliphatic rings. The van der Waals surface area contributed by atoms with Gasteiger partial charge in [0, 0.05) is 12.0 Å². The topological polar surface area (TPSA) is 20.3 Å². The van der Waals surface area contributed by atoms with Crippen LogP contribution < -0.4 is 0 Å². The monoisotopic (exact) mass is 343 g/mol. The number of nitrogens with zero attached hydrogens (tertiary/aromatic N) is 1. The molecule has 25 heavy (non-hydrogen) atoms. The zero-order valence-corrected chi connectivity index (χ0v) is 17.0. The van der Waals surface area contributed by atoms with Crippen molar-refractivity contribution in [3.63, 3.8) is 0 Å². The van der Waals surface area contributed by atoms with Crippen molar-refractivity contribution in [2.24, 2.45) is 34.5 Å². The normalized spacial score (nSPS) is 49.2. The van der Waals surface area contributed by atoms with Crippen molar-refractivity contribution < 1.29 is 4.79 Å². The van der Waals surface area contributed by atoms with Gasteiger partial charge in [0.2, 0.25) is 0 Å². The molecule has 0 unspecified atom stereocenters. The van der Waals surface area contributed by atoms with Gasteiger partial charge in [0.15, 0.2) is 0 Å². The van der Waals surface area contributed by atoms with E-state index >= 15 is 0 Å². The molecule has 0 aromatic rings. The third-order valence-electron chi connectivity index (χ3n) is 9.30. The fourth-order valence-corrected chi connectivity index (χ4v) is 7.75. The Morgan fingerprint density at radius 3 is 2.52 bits per heavy atom. The number of ketones is 1. The second kappa shape index (κ2) is 5.94. The number of carbonyl (C=O) groups excluding carboxylic acids is 1. The van der Waals surface area contributed by atoms with Gasteiger partial charge in [-0.2, -0.15) is 0 Å². The minimum absolute atomic E-state index is 0.287. The summed E-state index contributed by atoms with van der Waals surface area (Å²) in [6.45, 7) is 6.88. The molecule has 0 saturated heterocycles. The Labute approximate surface area is 154 Å². The van der Waals surface area contributed by atoms with E-state index in [1.54, 1.807) is 5.57 Å². The molecule has 0 radical (unpaired) electrons. The molecule has 0 heterocycles. The predicted molar refractivity (Wildman–Crippen MR) is 103 cm³/mol. The van der Waals surface area contributed by atoms with Crippen LogP contribution in [0.3, 0.4) is 0 Å². The highest BCUT2D eigenvalue weighted by molar-refractivity contribution is 5.79. The van der Waals surface area contributed by atoms with E-state index in [0.29, 0.717) is 17.1 Å². The maximum atomic E-state index is 12.2. The molecule has 0 N–H and O–H groups in total. The van der Waals surface area contributed by atoms with Crippen LogP contribution in [0.5, 0.6) is 0 Å². The van der Waals surface area contributed by atoms with Crippen LogP contribution in [-0.2, 0) is 4.79 Å². The molecule has 4 rings (SSSR count). The van der Waals surface area contributed by atoms with Gasteiger partial charge in [0.25, 0.3) is 0 Å². The Balaban J connectivity index is 1.62. The molecular weight excluding hydrogens is 306 g/mol. The van der Waals surface area contributed by atoms with Crippen molar-refractivity contribution in [3.8, 4) is 0 Å². The smallest absolute Gasteiger partial charge is 0.133 e. The molecule has 2 heteroatoms. The van der Waals surface area contributed by atoms with Crippen molar-refractivity contribution in [1.82, 2.24) is 4.90 Å². The van der Waals surface area contributed by atoms with E-state index in [1.807, 2.05) is 6.92 Å². The van der Waals surface area contributed by atoms with E-state index in [9.17, 15) is 4.79 Å². The fourth-order valence-electron chi connectivity index (χ4n) is 7.75. The Bertz CT molecular complexity index is 593. The Morgan fingerprint density at radius 1 is 1.08 bits per heavy atom. The van der Waals surface area contributed by atoms with Crippen LogP contribution in [0.2, 0.25) is 0 Å². The predicted octanol–water partition coefficient (Wildman–Crippen LogP) is 5.08. The lowest BCUT2D eigenvalue weighted by atomic mass is 9.47. The lowest BCUT2D eigenvalue weighted by Crippen LogP contribution is -2.51. The van der Waals surface area contributed by atoms with E-state index in [4.69, 9.17) is 0 Å². The zero-order valence-electron chi connectivity index (χ0n) is 17.0. The van der Waals surface area contributed by atoms with Gasteiger partial charge in [-0.05, 0) is 101 Å². The lowest BCUT2D eigenvalue weighted by molar-refractivity contribution is -0.127. The molecule has 2 nitrogen and oxygen atoms in total. The molecule has 0 aliphatic heterocycles. The van der Waals surface area contributed by atoms with E-state index in [0.717, 1.165) is 30.2 Å². The first-order valence-corrected chi connectivity index (χ1v) is 10.6. The van der Waals surface area contributed by atoms with E-state index in [1.165, 1.54) is 44.9 Å². The van der Waals surface area contributed by atoms with Crippen molar-refractivity contribution in [1.29, 1.82) is 0 Å². The number of hydrogen-bond acceptors (Lipinski definition) is 2. The van der Waals surface area contributed by atoms with Crippen LogP contribution in [0, 0.1) is 34.5 Å². The number of hydrogen-bond donors (Lipinski definition) is 0.